The van der Waals surface area contributed by atoms with E-state index >= 15 is 0 Å². The molecule has 0 aliphatic rings. The van der Waals surface area contributed by atoms with Crippen molar-refractivity contribution in [1.29, 1.82) is 0 Å². The lowest BCUT2D eigenvalue weighted by Crippen LogP contribution is -2.40. The smallest absolute Gasteiger partial charge is 0.407 e. The number of alkyl carbamates (subject to hydrolysis) is 1. The third-order valence-electron chi connectivity index (χ3n) is 4.53. The van der Waals surface area contributed by atoms with Crippen LogP contribution in [0.2, 0.25) is 0 Å². The largest absolute Gasteiger partial charge is 0.475 e. The van der Waals surface area contributed by atoms with Gasteiger partial charge in [-0.3, -0.25) is 4.98 Å². The fraction of sp³-hybridized carbons (Fsp3) is 0.429. The Hall–Kier alpha value is -2.20. The molecule has 3 aromatic heterocycles. The number of carbonyl (C=O) groups excluding carboxylic acids is 1. The SMILES string of the molecule is C=Cc1nn(PI)c2cnc(-c3c(C)nn(C)c3OCC(C)NC(=O)OC(C)(C)C)cc12. The van der Waals surface area contributed by atoms with Crippen molar-refractivity contribution in [2.75, 3.05) is 6.61 Å². The van der Waals surface area contributed by atoms with E-state index in [0.29, 0.717) is 12.3 Å². The molecule has 0 fully saturated rings. The lowest BCUT2D eigenvalue weighted by molar-refractivity contribution is 0.0493. The molecule has 32 heavy (non-hydrogen) atoms. The van der Waals surface area contributed by atoms with Crippen molar-refractivity contribution in [3.8, 4) is 17.1 Å². The second kappa shape index (κ2) is 9.74. The number of aromatic nitrogens is 5. The van der Waals surface area contributed by atoms with E-state index in [1.807, 2.05) is 58.4 Å². The summed E-state index contributed by atoms with van der Waals surface area (Å²) in [5.41, 5.74) is 3.55. The van der Waals surface area contributed by atoms with E-state index in [0.717, 1.165) is 33.5 Å². The predicted octanol–water partition coefficient (Wildman–Crippen LogP) is 4.87. The normalized spacial score (nSPS) is 13.0. The molecule has 2 atom stereocenters. The molecule has 2 unspecified atom stereocenters. The minimum atomic E-state index is -0.558. The van der Waals surface area contributed by atoms with Gasteiger partial charge in [0.05, 0.1) is 46.8 Å². The van der Waals surface area contributed by atoms with Crippen LogP contribution in [0.3, 0.4) is 0 Å². The van der Waals surface area contributed by atoms with E-state index in [9.17, 15) is 4.79 Å². The first kappa shape index (κ1) is 24.4. The molecule has 3 rings (SSSR count). The summed E-state index contributed by atoms with van der Waals surface area (Å²) in [7, 11) is 1.82. The molecule has 0 bridgehead atoms. The topological polar surface area (TPSA) is 96.1 Å². The molecule has 1 amide bonds. The highest BCUT2D eigenvalue weighted by molar-refractivity contribution is 14.2. The highest BCUT2D eigenvalue weighted by Crippen LogP contribution is 2.36. The number of aryl methyl sites for hydroxylation is 2. The Kier molecular flexibility index (Phi) is 7.44. The van der Waals surface area contributed by atoms with E-state index in [1.54, 1.807) is 10.8 Å². The molecular formula is C21H28IN6O3P. The van der Waals surface area contributed by atoms with Gasteiger partial charge in [0.25, 0.3) is 0 Å². The lowest BCUT2D eigenvalue weighted by atomic mass is 10.1. The van der Waals surface area contributed by atoms with Gasteiger partial charge in [0.1, 0.15) is 12.2 Å². The van der Waals surface area contributed by atoms with E-state index in [1.165, 1.54) is 0 Å². The molecule has 1 N–H and O–H groups in total. The molecule has 172 valence electrons. The van der Waals surface area contributed by atoms with Gasteiger partial charge in [-0.25, -0.2) is 13.9 Å². The van der Waals surface area contributed by atoms with Gasteiger partial charge in [0.2, 0.25) is 5.88 Å². The third-order valence-corrected chi connectivity index (χ3v) is 6.40. The second-order valence-electron chi connectivity index (χ2n) is 8.42. The summed E-state index contributed by atoms with van der Waals surface area (Å²) >= 11 is 2.29. The standard InChI is InChI=1S/C21H28IN6O3P/c1-8-15-14-9-16(23-10-17(14)28(26-15)32-22)18-13(3)25-27(7)19(18)30-11-12(2)24-20(29)31-21(4,5)6/h8-10,12,32H,1,11H2,2-7H3,(H,24,29). The van der Waals surface area contributed by atoms with Crippen molar-refractivity contribution in [1.82, 2.24) is 29.6 Å². The average Bonchev–Trinajstić information content (AvgIpc) is 3.19. The summed E-state index contributed by atoms with van der Waals surface area (Å²) in [6.07, 6.45) is 3.55. The molecule has 0 saturated heterocycles. The zero-order valence-electron chi connectivity index (χ0n) is 19.1. The van der Waals surface area contributed by atoms with Gasteiger partial charge >= 0.3 is 6.09 Å². The quantitative estimate of drug-likeness (QED) is 0.322. The first-order valence-electron chi connectivity index (χ1n) is 10.1. The van der Waals surface area contributed by atoms with Crippen LogP contribution in [0.4, 0.5) is 4.79 Å². The van der Waals surface area contributed by atoms with Gasteiger partial charge in [-0.2, -0.15) is 10.2 Å². The van der Waals surface area contributed by atoms with Gasteiger partial charge in [-0.05, 0) is 68.8 Å². The Bertz CT molecular complexity index is 1150. The number of amides is 1. The molecular weight excluding hydrogens is 542 g/mol. The molecule has 11 heteroatoms. The summed E-state index contributed by atoms with van der Waals surface area (Å²) in [6.45, 7) is 13.4. The van der Waals surface area contributed by atoms with Gasteiger partial charge in [-0.1, -0.05) is 6.58 Å². The van der Waals surface area contributed by atoms with Crippen LogP contribution in [0.1, 0.15) is 39.1 Å². The fourth-order valence-electron chi connectivity index (χ4n) is 3.24. The Balaban J connectivity index is 1.86. The van der Waals surface area contributed by atoms with Crippen LogP contribution < -0.4 is 10.1 Å². The van der Waals surface area contributed by atoms with E-state index in [4.69, 9.17) is 9.47 Å². The number of hydrogen-bond donors (Lipinski definition) is 1. The number of halogens is 1. The molecule has 0 aliphatic carbocycles. The van der Waals surface area contributed by atoms with Gasteiger partial charge in [0.15, 0.2) is 0 Å². The number of carbonyl (C=O) groups is 1. The monoisotopic (exact) mass is 570 g/mol. The number of nitrogens with one attached hydrogen (secondary N) is 1. The molecule has 3 heterocycles. The van der Waals surface area contributed by atoms with Crippen LogP contribution in [0.25, 0.3) is 28.2 Å². The molecule has 0 saturated carbocycles. The van der Waals surface area contributed by atoms with Crippen molar-refractivity contribution >= 4 is 51.5 Å². The van der Waals surface area contributed by atoms with Crippen molar-refractivity contribution in [3.63, 3.8) is 0 Å². The Morgan fingerprint density at radius 3 is 2.75 bits per heavy atom. The first-order valence-corrected chi connectivity index (χ1v) is 14.1. The van der Waals surface area contributed by atoms with E-state index in [-0.39, 0.29) is 12.6 Å². The maximum absolute atomic E-state index is 12.0. The van der Waals surface area contributed by atoms with Gasteiger partial charge in [0, 0.05) is 12.4 Å². The lowest BCUT2D eigenvalue weighted by Gasteiger charge is -2.22. The van der Waals surface area contributed by atoms with Crippen LogP contribution in [0.5, 0.6) is 5.88 Å². The summed E-state index contributed by atoms with van der Waals surface area (Å²) in [5.74, 6) is 0.579. The van der Waals surface area contributed by atoms with Gasteiger partial charge in [-0.15, -0.1) is 0 Å². The minimum absolute atomic E-state index is 0.249. The van der Waals surface area contributed by atoms with Crippen LogP contribution in [0, 0.1) is 6.92 Å². The van der Waals surface area contributed by atoms with Crippen LogP contribution in [0.15, 0.2) is 18.8 Å². The number of pyridine rings is 1. The molecule has 0 aromatic carbocycles. The number of nitrogens with zero attached hydrogens (tertiary/aromatic N) is 5. The first-order chi connectivity index (χ1) is 15.0. The molecule has 0 spiro atoms. The van der Waals surface area contributed by atoms with Crippen molar-refractivity contribution in [2.24, 2.45) is 7.05 Å². The van der Waals surface area contributed by atoms with Crippen molar-refractivity contribution < 1.29 is 14.3 Å². The Morgan fingerprint density at radius 1 is 1.41 bits per heavy atom. The predicted molar refractivity (Wildman–Crippen MR) is 137 cm³/mol. The highest BCUT2D eigenvalue weighted by atomic mass is 127. The van der Waals surface area contributed by atoms with Crippen molar-refractivity contribution in [3.05, 3.63) is 30.2 Å². The third kappa shape index (κ3) is 5.40. The van der Waals surface area contributed by atoms with Crippen molar-refractivity contribution in [2.45, 2.75) is 46.3 Å². The summed E-state index contributed by atoms with van der Waals surface area (Å²) in [6, 6.07) is 1.73. The highest BCUT2D eigenvalue weighted by Gasteiger charge is 2.22. The zero-order chi connectivity index (χ0) is 23.6. The van der Waals surface area contributed by atoms with Crippen LogP contribution in [-0.2, 0) is 11.8 Å². The summed E-state index contributed by atoms with van der Waals surface area (Å²) in [5, 5.41) is 12.9. The molecule has 3 aromatic rings. The molecule has 0 aliphatic heterocycles. The zero-order valence-corrected chi connectivity index (χ0v) is 22.2. The van der Waals surface area contributed by atoms with E-state index < -0.39 is 11.7 Å². The summed E-state index contributed by atoms with van der Waals surface area (Å²) in [4.78, 5) is 16.7. The molecule has 0 radical (unpaired) electrons. The number of rotatable bonds is 7. The molecule has 9 nitrogen and oxygen atoms in total. The van der Waals surface area contributed by atoms with Gasteiger partial charge < -0.3 is 14.8 Å². The van der Waals surface area contributed by atoms with Crippen LogP contribution >= 0.6 is 28.4 Å². The summed E-state index contributed by atoms with van der Waals surface area (Å²) < 4.78 is 15.0. The number of ether oxygens (including phenoxy) is 2. The maximum Gasteiger partial charge on any atom is 0.407 e. The van der Waals surface area contributed by atoms with Crippen LogP contribution in [-0.4, -0.2) is 48.7 Å². The maximum atomic E-state index is 12.0. The Morgan fingerprint density at radius 2 is 2.12 bits per heavy atom. The average molecular weight is 570 g/mol. The number of fused-ring (bicyclic) bond motifs is 1. The minimum Gasteiger partial charge on any atom is -0.475 e. The number of hydrogen-bond acceptors (Lipinski definition) is 6. The van der Waals surface area contributed by atoms with E-state index in [2.05, 4.69) is 49.1 Å². The second-order valence-corrected chi connectivity index (χ2v) is 10.5. The fourth-order valence-corrected chi connectivity index (χ4v) is 4.76. The Labute approximate surface area is 202 Å².